The first-order valence-electron chi connectivity index (χ1n) is 6.25. The second-order valence-electron chi connectivity index (χ2n) is 4.50. The molecule has 0 aliphatic heterocycles. The molecule has 2 aromatic rings. The van der Waals surface area contributed by atoms with E-state index in [0.29, 0.717) is 0 Å². The van der Waals surface area contributed by atoms with Crippen LogP contribution in [0.3, 0.4) is 0 Å². The summed E-state index contributed by atoms with van der Waals surface area (Å²) in [5.74, 6) is -0.558. The molecule has 2 nitrogen and oxygen atoms in total. The first-order chi connectivity index (χ1) is 9.63. The maximum atomic E-state index is 13.1. The predicted octanol–water partition coefficient (Wildman–Crippen LogP) is 3.61. The minimum absolute atomic E-state index is 0.0823. The largest absolute Gasteiger partial charge is 0.334 e. The lowest BCUT2D eigenvalue weighted by Gasteiger charge is -2.28. The normalized spacial score (nSPS) is 11.9. The van der Waals surface area contributed by atoms with E-state index in [0.717, 1.165) is 11.1 Å². The van der Waals surface area contributed by atoms with Crippen LogP contribution in [0.15, 0.2) is 54.6 Å². The number of amides is 1. The number of hydrogen-bond donors (Lipinski definition) is 0. The minimum Gasteiger partial charge on any atom is -0.334 e. The van der Waals surface area contributed by atoms with Gasteiger partial charge in [-0.25, -0.2) is 4.39 Å². The smallest absolute Gasteiger partial charge is 0.238 e. The summed E-state index contributed by atoms with van der Waals surface area (Å²) in [6, 6.07) is 15.5. The van der Waals surface area contributed by atoms with Gasteiger partial charge in [-0.3, -0.25) is 4.79 Å². The lowest BCUT2D eigenvalue weighted by Crippen LogP contribution is -2.32. The van der Waals surface area contributed by atoms with Gasteiger partial charge in [0.2, 0.25) is 5.91 Å². The van der Waals surface area contributed by atoms with Gasteiger partial charge < -0.3 is 4.90 Å². The maximum Gasteiger partial charge on any atom is 0.238 e. The molecule has 0 spiro atoms. The SMILES string of the molecule is CN(C(=O)CCl)[C@@H](c1ccccc1)c1ccc(F)cc1. The number of nitrogens with zero attached hydrogens (tertiary/aromatic N) is 1. The van der Waals surface area contributed by atoms with Gasteiger partial charge in [-0.2, -0.15) is 0 Å². The number of alkyl halides is 1. The van der Waals surface area contributed by atoms with Crippen molar-refractivity contribution in [3.63, 3.8) is 0 Å². The van der Waals surface area contributed by atoms with Crippen LogP contribution in [0.1, 0.15) is 17.2 Å². The highest BCUT2D eigenvalue weighted by Crippen LogP contribution is 2.27. The summed E-state index contributed by atoms with van der Waals surface area (Å²) in [5.41, 5.74) is 1.80. The maximum absolute atomic E-state index is 13.1. The fraction of sp³-hybridized carbons (Fsp3) is 0.188. The second kappa shape index (κ2) is 6.53. The van der Waals surface area contributed by atoms with Crippen LogP contribution in [0.4, 0.5) is 4.39 Å². The molecule has 1 atom stereocenters. The Bertz CT molecular complexity index is 571. The Morgan fingerprint density at radius 1 is 1.10 bits per heavy atom. The monoisotopic (exact) mass is 291 g/mol. The van der Waals surface area contributed by atoms with Gasteiger partial charge in [0.1, 0.15) is 11.7 Å². The van der Waals surface area contributed by atoms with Crippen LogP contribution in [0.25, 0.3) is 0 Å². The Hall–Kier alpha value is -1.87. The standard InChI is InChI=1S/C16H15ClFNO/c1-19(15(20)11-17)16(12-5-3-2-4-6-12)13-7-9-14(18)10-8-13/h2-10,16H,11H2,1H3/t16-/m0/s1. The van der Waals surface area contributed by atoms with E-state index in [9.17, 15) is 9.18 Å². The van der Waals surface area contributed by atoms with Crippen molar-refractivity contribution in [1.82, 2.24) is 4.90 Å². The zero-order valence-electron chi connectivity index (χ0n) is 11.1. The highest BCUT2D eigenvalue weighted by Gasteiger charge is 2.22. The summed E-state index contributed by atoms with van der Waals surface area (Å²) in [5, 5.41) is 0. The molecule has 0 fully saturated rings. The van der Waals surface area contributed by atoms with Gasteiger partial charge in [0.25, 0.3) is 0 Å². The van der Waals surface area contributed by atoms with E-state index in [2.05, 4.69) is 0 Å². The van der Waals surface area contributed by atoms with Gasteiger partial charge in [-0.05, 0) is 23.3 Å². The van der Waals surface area contributed by atoms with Gasteiger partial charge in [0, 0.05) is 7.05 Å². The summed E-state index contributed by atoms with van der Waals surface area (Å²) in [6.07, 6.45) is 0. The Morgan fingerprint density at radius 3 is 2.20 bits per heavy atom. The van der Waals surface area contributed by atoms with Crippen molar-refractivity contribution < 1.29 is 9.18 Å². The Labute approximate surface area is 122 Å². The molecule has 2 rings (SSSR count). The van der Waals surface area contributed by atoms with E-state index < -0.39 is 0 Å². The molecule has 0 aliphatic carbocycles. The van der Waals surface area contributed by atoms with Crippen LogP contribution in [0, 0.1) is 5.82 Å². The van der Waals surface area contributed by atoms with Gasteiger partial charge >= 0.3 is 0 Å². The first kappa shape index (κ1) is 14.5. The van der Waals surface area contributed by atoms with Crippen LogP contribution >= 0.6 is 11.6 Å². The van der Waals surface area contributed by atoms with E-state index in [-0.39, 0.29) is 23.6 Å². The van der Waals surface area contributed by atoms with Crippen LogP contribution in [-0.2, 0) is 4.79 Å². The second-order valence-corrected chi connectivity index (χ2v) is 4.77. The van der Waals surface area contributed by atoms with E-state index >= 15 is 0 Å². The van der Waals surface area contributed by atoms with E-state index in [1.807, 2.05) is 30.3 Å². The summed E-state index contributed by atoms with van der Waals surface area (Å²) in [7, 11) is 1.70. The van der Waals surface area contributed by atoms with Crippen molar-refractivity contribution in [2.24, 2.45) is 0 Å². The number of rotatable bonds is 4. The molecule has 0 unspecified atom stereocenters. The van der Waals surface area contributed by atoms with Gasteiger partial charge in [-0.1, -0.05) is 42.5 Å². The molecule has 0 radical (unpaired) electrons. The number of carbonyl (C=O) groups is 1. The molecule has 0 saturated carbocycles. The lowest BCUT2D eigenvalue weighted by atomic mass is 9.97. The summed E-state index contributed by atoms with van der Waals surface area (Å²) < 4.78 is 13.1. The highest BCUT2D eigenvalue weighted by atomic mass is 35.5. The van der Waals surface area contributed by atoms with Crippen molar-refractivity contribution in [2.75, 3.05) is 12.9 Å². The third-order valence-electron chi connectivity index (χ3n) is 3.20. The average molecular weight is 292 g/mol. The molecule has 0 N–H and O–H groups in total. The van der Waals surface area contributed by atoms with Crippen molar-refractivity contribution in [2.45, 2.75) is 6.04 Å². The number of benzene rings is 2. The van der Waals surface area contributed by atoms with Crippen LogP contribution in [-0.4, -0.2) is 23.7 Å². The average Bonchev–Trinajstić information content (AvgIpc) is 2.49. The van der Waals surface area contributed by atoms with Gasteiger partial charge in [0.15, 0.2) is 0 Å². The molecule has 0 bridgehead atoms. The number of carbonyl (C=O) groups excluding carboxylic acids is 1. The molecule has 2 aromatic carbocycles. The summed E-state index contributed by atoms with van der Waals surface area (Å²) >= 11 is 5.64. The van der Waals surface area contributed by atoms with Crippen molar-refractivity contribution >= 4 is 17.5 Å². The molecule has 0 saturated heterocycles. The predicted molar refractivity (Wildman–Crippen MR) is 78.2 cm³/mol. The first-order valence-corrected chi connectivity index (χ1v) is 6.79. The van der Waals surface area contributed by atoms with E-state index in [1.54, 1.807) is 24.1 Å². The molecule has 0 heterocycles. The van der Waals surface area contributed by atoms with Crippen LogP contribution < -0.4 is 0 Å². The van der Waals surface area contributed by atoms with Gasteiger partial charge in [0.05, 0.1) is 6.04 Å². The van der Waals surface area contributed by atoms with Crippen LogP contribution in [0.2, 0.25) is 0 Å². The van der Waals surface area contributed by atoms with Crippen molar-refractivity contribution in [3.05, 3.63) is 71.5 Å². The molecule has 20 heavy (non-hydrogen) atoms. The van der Waals surface area contributed by atoms with E-state index in [1.165, 1.54) is 12.1 Å². The van der Waals surface area contributed by atoms with E-state index in [4.69, 9.17) is 11.6 Å². The van der Waals surface area contributed by atoms with Crippen LogP contribution in [0.5, 0.6) is 0 Å². The minimum atomic E-state index is -0.299. The molecule has 104 valence electrons. The molecular formula is C16H15ClFNO. The third kappa shape index (κ3) is 3.17. The summed E-state index contributed by atoms with van der Waals surface area (Å²) in [4.78, 5) is 13.5. The Balaban J connectivity index is 2.44. The third-order valence-corrected chi connectivity index (χ3v) is 3.42. The number of hydrogen-bond acceptors (Lipinski definition) is 1. The van der Waals surface area contributed by atoms with Crippen molar-refractivity contribution in [3.8, 4) is 0 Å². The van der Waals surface area contributed by atoms with Gasteiger partial charge in [-0.15, -0.1) is 11.6 Å². The quantitative estimate of drug-likeness (QED) is 0.788. The lowest BCUT2D eigenvalue weighted by molar-refractivity contribution is -0.128. The molecule has 0 aliphatic rings. The Morgan fingerprint density at radius 2 is 1.65 bits per heavy atom. The highest BCUT2D eigenvalue weighted by molar-refractivity contribution is 6.27. The number of halogens is 2. The fourth-order valence-electron chi connectivity index (χ4n) is 2.16. The summed E-state index contributed by atoms with van der Waals surface area (Å²) in [6.45, 7) is 0. The fourth-order valence-corrected chi connectivity index (χ4v) is 2.35. The topological polar surface area (TPSA) is 20.3 Å². The van der Waals surface area contributed by atoms with Crippen molar-refractivity contribution in [1.29, 1.82) is 0 Å². The zero-order chi connectivity index (χ0) is 14.5. The Kier molecular flexibility index (Phi) is 4.74. The molecule has 0 aromatic heterocycles. The molecular weight excluding hydrogens is 277 g/mol. The molecule has 4 heteroatoms. The zero-order valence-corrected chi connectivity index (χ0v) is 11.8. The molecule has 1 amide bonds.